The average Bonchev–Trinajstić information content (AvgIpc) is 3.01. The molecule has 30 heavy (non-hydrogen) atoms. The summed E-state index contributed by atoms with van der Waals surface area (Å²) in [5.41, 5.74) is 0.975. The molecule has 0 atom stereocenters. The molecule has 0 bridgehead atoms. The molecule has 1 aromatic carbocycles. The van der Waals surface area contributed by atoms with Crippen LogP contribution in [0.1, 0.15) is 18.4 Å². The molecular formula is C20H21FN6O3. The molecule has 2 aliphatic rings. The number of anilines is 3. The lowest BCUT2D eigenvalue weighted by molar-refractivity contribution is -0.143. The summed E-state index contributed by atoms with van der Waals surface area (Å²) in [5.74, 6) is -1.73. The molecule has 1 fully saturated rings. The van der Waals surface area contributed by atoms with E-state index in [4.69, 9.17) is 0 Å². The lowest BCUT2D eigenvalue weighted by atomic mass is 10.0. The van der Waals surface area contributed by atoms with Gasteiger partial charge < -0.3 is 20.4 Å². The minimum atomic E-state index is -0.913. The van der Waals surface area contributed by atoms with Gasteiger partial charge in [0, 0.05) is 44.5 Å². The number of carbonyl (C=O) groups is 3. The average molecular weight is 412 g/mol. The van der Waals surface area contributed by atoms with Gasteiger partial charge in [0.2, 0.25) is 5.91 Å². The Bertz CT molecular complexity index is 984. The van der Waals surface area contributed by atoms with E-state index in [-0.39, 0.29) is 18.0 Å². The van der Waals surface area contributed by atoms with Gasteiger partial charge in [0.25, 0.3) is 0 Å². The van der Waals surface area contributed by atoms with Crippen molar-refractivity contribution in [3.05, 3.63) is 41.8 Å². The van der Waals surface area contributed by atoms with E-state index >= 15 is 0 Å². The molecule has 156 valence electrons. The first-order valence-corrected chi connectivity index (χ1v) is 9.76. The van der Waals surface area contributed by atoms with Crippen LogP contribution in [0.15, 0.2) is 30.5 Å². The number of nitrogens with zero attached hydrogens (tertiary/aromatic N) is 4. The number of benzene rings is 1. The molecule has 0 spiro atoms. The number of hydrogen-bond acceptors (Lipinski definition) is 6. The molecule has 0 unspecified atom stereocenters. The highest BCUT2D eigenvalue weighted by atomic mass is 19.1. The Morgan fingerprint density at radius 3 is 2.80 bits per heavy atom. The first kappa shape index (κ1) is 19.7. The molecule has 1 saturated heterocycles. The fourth-order valence-corrected chi connectivity index (χ4v) is 3.63. The normalized spacial score (nSPS) is 16.4. The molecule has 10 heteroatoms. The third-order valence-corrected chi connectivity index (χ3v) is 5.20. The van der Waals surface area contributed by atoms with Crippen molar-refractivity contribution in [2.24, 2.45) is 0 Å². The highest BCUT2D eigenvalue weighted by Crippen LogP contribution is 2.28. The maximum absolute atomic E-state index is 14.4. The summed E-state index contributed by atoms with van der Waals surface area (Å²) in [6.45, 7) is 1.94. The zero-order chi connectivity index (χ0) is 21.1. The van der Waals surface area contributed by atoms with Gasteiger partial charge in [-0.05, 0) is 42.7 Å². The van der Waals surface area contributed by atoms with Crippen molar-refractivity contribution in [2.75, 3.05) is 41.7 Å². The summed E-state index contributed by atoms with van der Waals surface area (Å²) in [7, 11) is 0. The first-order chi connectivity index (χ1) is 14.5. The van der Waals surface area contributed by atoms with Crippen molar-refractivity contribution < 1.29 is 18.8 Å². The smallest absolute Gasteiger partial charge is 0.313 e. The molecule has 3 amide bonds. The number of fused-ring (bicyclic) bond motifs is 1. The molecule has 4 rings (SSSR count). The van der Waals surface area contributed by atoms with Crippen LogP contribution < -0.4 is 15.5 Å². The second kappa shape index (κ2) is 8.44. The Balaban J connectivity index is 1.41. The molecule has 2 aromatic rings. The van der Waals surface area contributed by atoms with E-state index in [1.165, 1.54) is 17.0 Å². The van der Waals surface area contributed by atoms with Crippen LogP contribution in [-0.2, 0) is 20.8 Å². The molecule has 9 nitrogen and oxygen atoms in total. The van der Waals surface area contributed by atoms with Crippen molar-refractivity contribution in [1.29, 1.82) is 0 Å². The number of nitrogens with one attached hydrogen (secondary N) is 2. The van der Waals surface area contributed by atoms with Crippen LogP contribution in [0.25, 0.3) is 0 Å². The topological polar surface area (TPSA) is 108 Å². The second-order valence-corrected chi connectivity index (χ2v) is 7.21. The van der Waals surface area contributed by atoms with Crippen molar-refractivity contribution in [3.63, 3.8) is 0 Å². The predicted molar refractivity (Wildman–Crippen MR) is 107 cm³/mol. The Labute approximate surface area is 172 Å². The standard InChI is InChI=1S/C20H21FN6O3/c21-14-11-13-4-5-18(28)23-15(13)12-16(14)24-19(29)20(30)27-8-2-7-26(9-10-27)17-3-1-6-22-25-17/h1,3,6,11-12H,2,4-5,7-10H2,(H,23,28)(H,24,29). The highest BCUT2D eigenvalue weighted by Gasteiger charge is 2.26. The van der Waals surface area contributed by atoms with Gasteiger partial charge in [-0.1, -0.05) is 0 Å². The number of rotatable bonds is 2. The van der Waals surface area contributed by atoms with Gasteiger partial charge in [-0.3, -0.25) is 14.4 Å². The van der Waals surface area contributed by atoms with Crippen LogP contribution in [0.2, 0.25) is 0 Å². The summed E-state index contributed by atoms with van der Waals surface area (Å²) in [5, 5.41) is 12.9. The molecule has 0 radical (unpaired) electrons. The number of halogens is 1. The van der Waals surface area contributed by atoms with E-state index in [0.717, 1.165) is 5.82 Å². The lowest BCUT2D eigenvalue weighted by Crippen LogP contribution is -2.42. The molecule has 2 N–H and O–H groups in total. The van der Waals surface area contributed by atoms with Gasteiger partial charge >= 0.3 is 11.8 Å². The van der Waals surface area contributed by atoms with E-state index in [1.54, 1.807) is 12.3 Å². The minimum absolute atomic E-state index is 0.134. The number of carbonyl (C=O) groups excluding carboxylic acids is 3. The van der Waals surface area contributed by atoms with E-state index in [2.05, 4.69) is 20.8 Å². The molecule has 2 aliphatic heterocycles. The van der Waals surface area contributed by atoms with Crippen LogP contribution in [0.4, 0.5) is 21.6 Å². The Kier molecular flexibility index (Phi) is 5.55. The fraction of sp³-hybridized carbons (Fsp3) is 0.350. The maximum atomic E-state index is 14.4. The van der Waals surface area contributed by atoms with Crippen LogP contribution in [-0.4, -0.2) is 59.0 Å². The van der Waals surface area contributed by atoms with E-state index < -0.39 is 17.6 Å². The zero-order valence-corrected chi connectivity index (χ0v) is 16.2. The quantitative estimate of drug-likeness (QED) is 0.718. The second-order valence-electron chi connectivity index (χ2n) is 7.21. The van der Waals surface area contributed by atoms with Gasteiger partial charge in [0.15, 0.2) is 5.82 Å². The van der Waals surface area contributed by atoms with Crippen LogP contribution in [0.3, 0.4) is 0 Å². The van der Waals surface area contributed by atoms with Crippen LogP contribution in [0, 0.1) is 5.82 Å². The Morgan fingerprint density at radius 2 is 2.00 bits per heavy atom. The number of hydrogen-bond donors (Lipinski definition) is 2. The van der Waals surface area contributed by atoms with Crippen molar-refractivity contribution in [1.82, 2.24) is 15.1 Å². The Hall–Kier alpha value is -3.56. The highest BCUT2D eigenvalue weighted by molar-refractivity contribution is 6.39. The summed E-state index contributed by atoms with van der Waals surface area (Å²) in [6.07, 6.45) is 2.97. The van der Waals surface area contributed by atoms with Crippen LogP contribution >= 0.6 is 0 Å². The summed E-state index contributed by atoms with van der Waals surface area (Å²) < 4.78 is 14.4. The van der Waals surface area contributed by atoms with Gasteiger partial charge in [-0.15, -0.1) is 5.10 Å². The number of aromatic nitrogens is 2. The third-order valence-electron chi connectivity index (χ3n) is 5.20. The molecular weight excluding hydrogens is 391 g/mol. The summed E-state index contributed by atoms with van der Waals surface area (Å²) in [6, 6.07) is 6.26. The Morgan fingerprint density at radius 1 is 1.13 bits per heavy atom. The predicted octanol–water partition coefficient (Wildman–Crippen LogP) is 1.18. The third kappa shape index (κ3) is 4.22. The minimum Gasteiger partial charge on any atom is -0.353 e. The maximum Gasteiger partial charge on any atom is 0.313 e. The van der Waals surface area contributed by atoms with Gasteiger partial charge in [0.05, 0.1) is 5.69 Å². The summed E-state index contributed by atoms with van der Waals surface area (Å²) >= 11 is 0. The van der Waals surface area contributed by atoms with Gasteiger partial charge in [-0.25, -0.2) is 4.39 Å². The number of amides is 3. The van der Waals surface area contributed by atoms with Crippen molar-refractivity contribution in [2.45, 2.75) is 19.3 Å². The monoisotopic (exact) mass is 412 g/mol. The fourth-order valence-electron chi connectivity index (χ4n) is 3.63. The van der Waals surface area contributed by atoms with Crippen LogP contribution in [0.5, 0.6) is 0 Å². The van der Waals surface area contributed by atoms with E-state index in [1.807, 2.05) is 11.0 Å². The molecule has 3 heterocycles. The largest absolute Gasteiger partial charge is 0.353 e. The lowest BCUT2D eigenvalue weighted by Gasteiger charge is -2.22. The SMILES string of the molecule is O=C1CCc2cc(F)c(NC(=O)C(=O)N3CCCN(c4cccnn4)CC3)cc2N1. The van der Waals surface area contributed by atoms with Gasteiger partial charge in [-0.2, -0.15) is 5.10 Å². The number of aryl methyl sites for hydroxylation is 1. The molecule has 0 aliphatic carbocycles. The van der Waals surface area contributed by atoms with Crippen molar-refractivity contribution in [3.8, 4) is 0 Å². The van der Waals surface area contributed by atoms with Gasteiger partial charge in [0.1, 0.15) is 5.82 Å². The summed E-state index contributed by atoms with van der Waals surface area (Å²) in [4.78, 5) is 40.1. The molecule has 1 aromatic heterocycles. The van der Waals surface area contributed by atoms with E-state index in [0.29, 0.717) is 50.3 Å². The zero-order valence-electron chi connectivity index (χ0n) is 16.2. The van der Waals surface area contributed by atoms with Crippen molar-refractivity contribution >= 4 is 34.9 Å². The van der Waals surface area contributed by atoms with E-state index in [9.17, 15) is 18.8 Å². The molecule has 0 saturated carbocycles. The first-order valence-electron chi connectivity index (χ1n) is 9.76.